The molecule has 1 unspecified atom stereocenters. The van der Waals surface area contributed by atoms with Gasteiger partial charge in [0.15, 0.2) is 0 Å². The highest BCUT2D eigenvalue weighted by Gasteiger charge is 2.20. The zero-order valence-electron chi connectivity index (χ0n) is 11.6. The molecule has 17 heavy (non-hydrogen) atoms. The summed E-state index contributed by atoms with van der Waals surface area (Å²) in [5.41, 5.74) is 0. The zero-order chi connectivity index (χ0) is 12.3. The maximum atomic E-state index is 3.78. The Balaban J connectivity index is 2.15. The van der Waals surface area contributed by atoms with Crippen molar-refractivity contribution in [2.24, 2.45) is 0 Å². The van der Waals surface area contributed by atoms with E-state index in [0.29, 0.717) is 0 Å². The van der Waals surface area contributed by atoms with Gasteiger partial charge in [0, 0.05) is 6.04 Å². The van der Waals surface area contributed by atoms with E-state index in [9.17, 15) is 0 Å². The summed E-state index contributed by atoms with van der Waals surface area (Å²) >= 11 is 0. The SMILES string of the molecule is C=CCCCCCN1CCCCC1CCNC. The van der Waals surface area contributed by atoms with E-state index in [-0.39, 0.29) is 0 Å². The molecule has 1 aliphatic rings. The highest BCUT2D eigenvalue weighted by Crippen LogP contribution is 2.20. The van der Waals surface area contributed by atoms with E-state index in [0.717, 1.165) is 12.6 Å². The molecule has 1 aliphatic heterocycles. The average molecular weight is 238 g/mol. The van der Waals surface area contributed by atoms with E-state index >= 15 is 0 Å². The van der Waals surface area contributed by atoms with Crippen LogP contribution < -0.4 is 5.32 Å². The number of allylic oxidation sites excluding steroid dienone is 1. The predicted molar refractivity (Wildman–Crippen MR) is 76.4 cm³/mol. The van der Waals surface area contributed by atoms with Crippen LogP contribution in [0.25, 0.3) is 0 Å². The van der Waals surface area contributed by atoms with Crippen LogP contribution in [0.15, 0.2) is 12.7 Å². The highest BCUT2D eigenvalue weighted by molar-refractivity contribution is 4.77. The molecule has 0 radical (unpaired) electrons. The second-order valence-corrected chi connectivity index (χ2v) is 5.22. The molecule has 0 bridgehead atoms. The summed E-state index contributed by atoms with van der Waals surface area (Å²) in [6.07, 6.45) is 12.8. The minimum Gasteiger partial charge on any atom is -0.320 e. The molecule has 2 nitrogen and oxygen atoms in total. The molecule has 2 heteroatoms. The molecular weight excluding hydrogens is 208 g/mol. The lowest BCUT2D eigenvalue weighted by Crippen LogP contribution is -2.41. The third-order valence-corrected chi connectivity index (χ3v) is 3.83. The van der Waals surface area contributed by atoms with Crippen molar-refractivity contribution in [1.82, 2.24) is 10.2 Å². The fourth-order valence-corrected chi connectivity index (χ4v) is 2.77. The van der Waals surface area contributed by atoms with E-state index in [1.54, 1.807) is 0 Å². The molecular formula is C15H30N2. The predicted octanol–water partition coefficient (Wildman–Crippen LogP) is 3.20. The Hall–Kier alpha value is -0.340. The first-order chi connectivity index (χ1) is 8.38. The number of hydrogen-bond donors (Lipinski definition) is 1. The summed E-state index contributed by atoms with van der Waals surface area (Å²) in [6.45, 7) is 7.58. The van der Waals surface area contributed by atoms with Crippen molar-refractivity contribution >= 4 is 0 Å². The lowest BCUT2D eigenvalue weighted by atomic mass is 9.98. The maximum absolute atomic E-state index is 3.78. The molecule has 0 aromatic heterocycles. The second kappa shape index (κ2) is 9.67. The van der Waals surface area contributed by atoms with Gasteiger partial charge in [0.1, 0.15) is 0 Å². The molecule has 1 N–H and O–H groups in total. The Morgan fingerprint density at radius 1 is 1.29 bits per heavy atom. The van der Waals surface area contributed by atoms with Gasteiger partial charge in [0.2, 0.25) is 0 Å². The first-order valence-electron chi connectivity index (χ1n) is 7.38. The Kier molecular flexibility index (Phi) is 8.37. The Labute approximate surface area is 107 Å². The van der Waals surface area contributed by atoms with Gasteiger partial charge in [-0.15, -0.1) is 6.58 Å². The number of likely N-dealkylation sites (tertiary alicyclic amines) is 1. The van der Waals surface area contributed by atoms with Crippen molar-refractivity contribution in [3.63, 3.8) is 0 Å². The van der Waals surface area contributed by atoms with Crippen LogP contribution in [-0.2, 0) is 0 Å². The molecule has 0 aromatic carbocycles. The maximum Gasteiger partial charge on any atom is 0.0107 e. The van der Waals surface area contributed by atoms with Crippen LogP contribution in [0.5, 0.6) is 0 Å². The van der Waals surface area contributed by atoms with E-state index in [2.05, 4.69) is 23.8 Å². The third-order valence-electron chi connectivity index (χ3n) is 3.83. The molecule has 1 saturated heterocycles. The molecule has 0 saturated carbocycles. The number of hydrogen-bond acceptors (Lipinski definition) is 2. The van der Waals surface area contributed by atoms with Gasteiger partial charge in [-0.2, -0.15) is 0 Å². The fourth-order valence-electron chi connectivity index (χ4n) is 2.77. The summed E-state index contributed by atoms with van der Waals surface area (Å²) in [5, 5.41) is 3.28. The largest absolute Gasteiger partial charge is 0.320 e. The van der Waals surface area contributed by atoms with Gasteiger partial charge in [-0.05, 0) is 65.2 Å². The second-order valence-electron chi connectivity index (χ2n) is 5.22. The van der Waals surface area contributed by atoms with Crippen molar-refractivity contribution in [1.29, 1.82) is 0 Å². The van der Waals surface area contributed by atoms with E-state index in [1.807, 2.05) is 6.08 Å². The first-order valence-corrected chi connectivity index (χ1v) is 7.38. The summed E-state index contributed by atoms with van der Waals surface area (Å²) in [4.78, 5) is 2.73. The van der Waals surface area contributed by atoms with Gasteiger partial charge in [-0.25, -0.2) is 0 Å². The van der Waals surface area contributed by atoms with Crippen LogP contribution in [0, 0.1) is 0 Å². The van der Waals surface area contributed by atoms with Crippen molar-refractivity contribution < 1.29 is 0 Å². The summed E-state index contributed by atoms with van der Waals surface area (Å²) in [6, 6.07) is 0.843. The van der Waals surface area contributed by atoms with Gasteiger partial charge in [-0.3, -0.25) is 0 Å². The summed E-state index contributed by atoms with van der Waals surface area (Å²) in [7, 11) is 2.06. The molecule has 0 spiro atoms. The van der Waals surface area contributed by atoms with Gasteiger partial charge >= 0.3 is 0 Å². The third kappa shape index (κ3) is 6.23. The highest BCUT2D eigenvalue weighted by atomic mass is 15.2. The van der Waals surface area contributed by atoms with Crippen LogP contribution in [0.3, 0.4) is 0 Å². The minimum atomic E-state index is 0.843. The Morgan fingerprint density at radius 2 is 2.18 bits per heavy atom. The van der Waals surface area contributed by atoms with Crippen LogP contribution in [0.4, 0.5) is 0 Å². The number of nitrogens with zero attached hydrogens (tertiary/aromatic N) is 1. The lowest BCUT2D eigenvalue weighted by Gasteiger charge is -2.35. The molecule has 1 fully saturated rings. The standard InChI is InChI=1S/C15H30N2/c1-3-4-5-6-8-13-17-14-9-7-10-15(17)11-12-16-2/h3,15-16H,1,4-14H2,2H3. The van der Waals surface area contributed by atoms with Gasteiger partial charge in [0.05, 0.1) is 0 Å². The van der Waals surface area contributed by atoms with Crippen LogP contribution in [0.2, 0.25) is 0 Å². The quantitative estimate of drug-likeness (QED) is 0.490. The number of rotatable bonds is 9. The van der Waals surface area contributed by atoms with Gasteiger partial charge in [0.25, 0.3) is 0 Å². The van der Waals surface area contributed by atoms with E-state index in [4.69, 9.17) is 0 Å². The number of nitrogens with one attached hydrogen (secondary N) is 1. The summed E-state index contributed by atoms with van der Waals surface area (Å²) in [5.74, 6) is 0. The van der Waals surface area contributed by atoms with Crippen molar-refractivity contribution in [3.05, 3.63) is 12.7 Å². The molecule has 100 valence electrons. The first kappa shape index (κ1) is 14.7. The molecule has 1 atom stereocenters. The van der Waals surface area contributed by atoms with Crippen molar-refractivity contribution in [2.75, 3.05) is 26.7 Å². The monoisotopic (exact) mass is 238 g/mol. The fraction of sp³-hybridized carbons (Fsp3) is 0.867. The molecule has 0 aliphatic carbocycles. The van der Waals surface area contributed by atoms with Gasteiger partial charge in [-0.1, -0.05) is 18.9 Å². The molecule has 1 rings (SSSR count). The molecule has 1 heterocycles. The van der Waals surface area contributed by atoms with Crippen molar-refractivity contribution in [2.45, 2.75) is 57.4 Å². The molecule has 0 aromatic rings. The normalized spacial score (nSPS) is 21.6. The Bertz CT molecular complexity index is 191. The number of piperidine rings is 1. The minimum absolute atomic E-state index is 0.843. The topological polar surface area (TPSA) is 15.3 Å². The molecule has 0 amide bonds. The smallest absolute Gasteiger partial charge is 0.0107 e. The average Bonchev–Trinajstić information content (AvgIpc) is 2.37. The summed E-state index contributed by atoms with van der Waals surface area (Å²) < 4.78 is 0. The van der Waals surface area contributed by atoms with Gasteiger partial charge < -0.3 is 10.2 Å². The zero-order valence-corrected chi connectivity index (χ0v) is 11.6. The van der Waals surface area contributed by atoms with Crippen LogP contribution in [-0.4, -0.2) is 37.6 Å². The van der Waals surface area contributed by atoms with E-state index in [1.165, 1.54) is 64.5 Å². The number of unbranched alkanes of at least 4 members (excludes halogenated alkanes) is 3. The van der Waals surface area contributed by atoms with Crippen LogP contribution >= 0.6 is 0 Å². The van der Waals surface area contributed by atoms with Crippen molar-refractivity contribution in [3.8, 4) is 0 Å². The van der Waals surface area contributed by atoms with E-state index < -0.39 is 0 Å². The Morgan fingerprint density at radius 3 is 2.94 bits per heavy atom. The van der Waals surface area contributed by atoms with Crippen LogP contribution in [0.1, 0.15) is 51.4 Å². The lowest BCUT2D eigenvalue weighted by molar-refractivity contribution is 0.138.